The predicted octanol–water partition coefficient (Wildman–Crippen LogP) is 5.21. The van der Waals surface area contributed by atoms with Crippen molar-refractivity contribution in [2.75, 3.05) is 11.1 Å². The number of para-hydroxylation sites is 1. The van der Waals surface area contributed by atoms with Gasteiger partial charge in [0.25, 0.3) is 0 Å². The highest BCUT2D eigenvalue weighted by Gasteiger charge is 2.11. The summed E-state index contributed by atoms with van der Waals surface area (Å²) in [5.41, 5.74) is 2.94. The minimum Gasteiger partial charge on any atom is -0.325 e. The highest BCUT2D eigenvalue weighted by atomic mass is 32.2. The molecule has 0 spiro atoms. The second-order valence-corrected chi connectivity index (χ2v) is 6.55. The summed E-state index contributed by atoms with van der Waals surface area (Å²) in [4.78, 5) is 12.1. The van der Waals surface area contributed by atoms with Gasteiger partial charge in [-0.15, -0.1) is 11.8 Å². The molecule has 1 atom stereocenters. The van der Waals surface area contributed by atoms with Crippen molar-refractivity contribution in [1.29, 1.82) is 0 Å². The van der Waals surface area contributed by atoms with Crippen LogP contribution in [0.2, 0.25) is 0 Å². The molecule has 0 unspecified atom stereocenters. The summed E-state index contributed by atoms with van der Waals surface area (Å²) in [7, 11) is 0. The summed E-state index contributed by atoms with van der Waals surface area (Å²) < 4.78 is 13.1. The number of thioether (sulfide) groups is 1. The van der Waals surface area contributed by atoms with E-state index in [4.69, 9.17) is 0 Å². The molecule has 0 saturated heterocycles. The van der Waals surface area contributed by atoms with Gasteiger partial charge in [0.1, 0.15) is 5.82 Å². The van der Waals surface area contributed by atoms with Gasteiger partial charge in [-0.05, 0) is 41.7 Å². The van der Waals surface area contributed by atoms with Crippen molar-refractivity contribution in [2.24, 2.45) is 0 Å². The third-order valence-corrected chi connectivity index (χ3v) is 4.77. The van der Waals surface area contributed by atoms with Gasteiger partial charge < -0.3 is 5.32 Å². The summed E-state index contributed by atoms with van der Waals surface area (Å²) in [5, 5.41) is 2.99. The summed E-state index contributed by atoms with van der Waals surface area (Å²) in [6, 6.07) is 14.4. The monoisotopic (exact) mass is 331 g/mol. The molecule has 0 aliphatic rings. The first kappa shape index (κ1) is 17.5. The fraction of sp³-hybridized carbons (Fsp3) is 0.316. The van der Waals surface area contributed by atoms with Crippen LogP contribution in [-0.4, -0.2) is 11.7 Å². The number of nitrogens with one attached hydrogen (secondary N) is 1. The maximum Gasteiger partial charge on any atom is 0.234 e. The lowest BCUT2D eigenvalue weighted by molar-refractivity contribution is -0.113. The van der Waals surface area contributed by atoms with E-state index in [9.17, 15) is 9.18 Å². The average molecular weight is 331 g/mol. The largest absolute Gasteiger partial charge is 0.325 e. The first-order valence-corrected chi connectivity index (χ1v) is 8.96. The zero-order chi connectivity index (χ0) is 16.7. The van der Waals surface area contributed by atoms with Crippen molar-refractivity contribution in [3.63, 3.8) is 0 Å². The predicted molar refractivity (Wildman–Crippen MR) is 96.3 cm³/mol. The van der Waals surface area contributed by atoms with Crippen LogP contribution in [0.4, 0.5) is 10.1 Å². The van der Waals surface area contributed by atoms with Gasteiger partial charge >= 0.3 is 0 Å². The van der Waals surface area contributed by atoms with Crippen molar-refractivity contribution in [3.8, 4) is 0 Å². The van der Waals surface area contributed by atoms with Crippen LogP contribution in [0, 0.1) is 5.82 Å². The molecule has 1 N–H and O–H groups in total. The van der Waals surface area contributed by atoms with E-state index in [0.717, 1.165) is 17.7 Å². The number of carbonyl (C=O) groups excluding carboxylic acids is 1. The van der Waals surface area contributed by atoms with Crippen molar-refractivity contribution in [1.82, 2.24) is 0 Å². The molecule has 23 heavy (non-hydrogen) atoms. The van der Waals surface area contributed by atoms with Gasteiger partial charge in [0.05, 0.1) is 5.75 Å². The number of halogens is 1. The van der Waals surface area contributed by atoms with Crippen molar-refractivity contribution >= 4 is 23.4 Å². The minimum absolute atomic E-state index is 0.0258. The Bertz CT molecular complexity index is 659. The van der Waals surface area contributed by atoms with Gasteiger partial charge in [-0.3, -0.25) is 4.79 Å². The average Bonchev–Trinajstić information content (AvgIpc) is 2.55. The molecule has 2 rings (SSSR count). The molecule has 0 saturated carbocycles. The van der Waals surface area contributed by atoms with Crippen LogP contribution in [0.15, 0.2) is 48.5 Å². The Morgan fingerprint density at radius 3 is 2.74 bits per heavy atom. The molecular weight excluding hydrogens is 309 g/mol. The summed E-state index contributed by atoms with van der Waals surface area (Å²) >= 11 is 1.48. The Kier molecular flexibility index (Phi) is 6.66. The van der Waals surface area contributed by atoms with Gasteiger partial charge in [-0.25, -0.2) is 4.39 Å². The first-order valence-electron chi connectivity index (χ1n) is 7.81. The van der Waals surface area contributed by atoms with Crippen LogP contribution >= 0.6 is 11.8 Å². The normalized spacial score (nSPS) is 12.0. The number of hydrogen-bond donors (Lipinski definition) is 1. The molecular formula is C19H22FNOS. The number of carbonyl (C=O) groups is 1. The highest BCUT2D eigenvalue weighted by molar-refractivity contribution is 7.99. The van der Waals surface area contributed by atoms with Gasteiger partial charge in [0.15, 0.2) is 0 Å². The van der Waals surface area contributed by atoms with Crippen molar-refractivity contribution in [3.05, 3.63) is 65.5 Å². The third-order valence-electron chi connectivity index (χ3n) is 3.77. The Morgan fingerprint density at radius 2 is 2.00 bits per heavy atom. The fourth-order valence-corrected chi connectivity index (χ4v) is 3.11. The summed E-state index contributed by atoms with van der Waals surface area (Å²) in [6.45, 7) is 4.29. The lowest BCUT2D eigenvalue weighted by Crippen LogP contribution is -2.16. The third kappa shape index (κ3) is 5.39. The Morgan fingerprint density at radius 1 is 1.22 bits per heavy atom. The first-order chi connectivity index (χ1) is 11.1. The molecule has 0 aromatic heterocycles. The minimum atomic E-state index is -0.241. The molecule has 0 fully saturated rings. The number of rotatable bonds is 7. The van der Waals surface area contributed by atoms with E-state index in [0.29, 0.717) is 17.4 Å². The molecule has 122 valence electrons. The zero-order valence-corrected chi connectivity index (χ0v) is 14.3. The fourth-order valence-electron chi connectivity index (χ4n) is 2.34. The molecule has 4 heteroatoms. The molecule has 1 amide bonds. The SMILES string of the molecule is CC[C@@H](C)c1ccccc1NC(=O)CSCc1cccc(F)c1. The van der Waals surface area contributed by atoms with E-state index in [1.165, 1.54) is 29.5 Å². The van der Waals surface area contributed by atoms with Crippen LogP contribution in [0.5, 0.6) is 0 Å². The molecule has 0 bridgehead atoms. The van der Waals surface area contributed by atoms with E-state index in [-0.39, 0.29) is 11.7 Å². The van der Waals surface area contributed by atoms with E-state index in [2.05, 4.69) is 25.2 Å². The van der Waals surface area contributed by atoms with Gasteiger partial charge in [-0.2, -0.15) is 0 Å². The molecule has 2 nitrogen and oxygen atoms in total. The highest BCUT2D eigenvalue weighted by Crippen LogP contribution is 2.26. The number of anilines is 1. The smallest absolute Gasteiger partial charge is 0.234 e. The lowest BCUT2D eigenvalue weighted by atomic mass is 9.97. The number of benzene rings is 2. The molecule has 0 heterocycles. The van der Waals surface area contributed by atoms with Crippen LogP contribution < -0.4 is 5.32 Å². The molecule has 2 aromatic rings. The molecule has 2 aromatic carbocycles. The Balaban J connectivity index is 1.88. The molecule has 0 aliphatic carbocycles. The molecule has 0 radical (unpaired) electrons. The van der Waals surface area contributed by atoms with Crippen molar-refractivity contribution in [2.45, 2.75) is 31.9 Å². The van der Waals surface area contributed by atoms with Gasteiger partial charge in [0.2, 0.25) is 5.91 Å². The van der Waals surface area contributed by atoms with E-state index in [1.807, 2.05) is 24.3 Å². The van der Waals surface area contributed by atoms with E-state index >= 15 is 0 Å². The standard InChI is InChI=1S/C19H22FNOS/c1-3-14(2)17-9-4-5-10-18(17)21-19(22)13-23-12-15-7-6-8-16(20)11-15/h4-11,14H,3,12-13H2,1-2H3,(H,21,22)/t14-/m1/s1. The number of amides is 1. The van der Waals surface area contributed by atoms with Crippen LogP contribution in [0.1, 0.15) is 37.3 Å². The summed E-state index contributed by atoms with van der Waals surface area (Å²) in [6.07, 6.45) is 1.03. The Hall–Kier alpha value is -1.81. The maximum absolute atomic E-state index is 13.1. The number of hydrogen-bond acceptors (Lipinski definition) is 2. The molecule has 0 aliphatic heterocycles. The topological polar surface area (TPSA) is 29.1 Å². The van der Waals surface area contributed by atoms with Crippen LogP contribution in [0.25, 0.3) is 0 Å². The van der Waals surface area contributed by atoms with Gasteiger partial charge in [0, 0.05) is 11.4 Å². The second kappa shape index (κ2) is 8.73. The van der Waals surface area contributed by atoms with Crippen molar-refractivity contribution < 1.29 is 9.18 Å². The lowest BCUT2D eigenvalue weighted by Gasteiger charge is -2.15. The van der Waals surface area contributed by atoms with E-state index in [1.54, 1.807) is 6.07 Å². The van der Waals surface area contributed by atoms with E-state index < -0.39 is 0 Å². The Labute approximate surface area is 141 Å². The van der Waals surface area contributed by atoms with Crippen LogP contribution in [0.3, 0.4) is 0 Å². The maximum atomic E-state index is 13.1. The van der Waals surface area contributed by atoms with Gasteiger partial charge in [-0.1, -0.05) is 44.2 Å². The zero-order valence-electron chi connectivity index (χ0n) is 13.5. The second-order valence-electron chi connectivity index (χ2n) is 5.57. The quantitative estimate of drug-likeness (QED) is 0.754. The van der Waals surface area contributed by atoms with Crippen LogP contribution in [-0.2, 0) is 10.5 Å². The summed E-state index contributed by atoms with van der Waals surface area (Å²) in [5.74, 6) is 1.12.